The van der Waals surface area contributed by atoms with Gasteiger partial charge < -0.3 is 4.57 Å². The Morgan fingerprint density at radius 1 is 1.33 bits per heavy atom. The largest absolute Gasteiger partial charge is 0.327 e. The molecule has 0 bridgehead atoms. The van der Waals surface area contributed by atoms with Crippen molar-refractivity contribution < 1.29 is 4.79 Å². The highest BCUT2D eigenvalue weighted by atomic mass is 32.1. The molecule has 3 aromatic rings. The number of fused-ring (bicyclic) bond motifs is 1. The van der Waals surface area contributed by atoms with Crippen molar-refractivity contribution in [3.8, 4) is 0 Å². The van der Waals surface area contributed by atoms with Crippen molar-refractivity contribution in [2.75, 3.05) is 0 Å². The molecule has 0 N–H and O–H groups in total. The molecule has 0 aliphatic rings. The van der Waals surface area contributed by atoms with E-state index >= 15 is 0 Å². The van der Waals surface area contributed by atoms with Crippen LogP contribution in [0.3, 0.4) is 0 Å². The number of aryl methyl sites for hydroxylation is 4. The number of aromatic nitrogens is 4. The molecule has 0 saturated heterocycles. The molecule has 7 heteroatoms. The summed E-state index contributed by atoms with van der Waals surface area (Å²) in [5.74, 6) is -0.264. The van der Waals surface area contributed by atoms with Gasteiger partial charge in [-0.25, -0.2) is 4.98 Å². The summed E-state index contributed by atoms with van der Waals surface area (Å²) in [6.45, 7) is 3.74. The summed E-state index contributed by atoms with van der Waals surface area (Å²) in [5.41, 5.74) is 2.83. The third-order valence-corrected chi connectivity index (χ3v) is 4.13. The Hall–Kier alpha value is -2.28. The van der Waals surface area contributed by atoms with Gasteiger partial charge in [-0.1, -0.05) is 0 Å². The highest BCUT2D eigenvalue weighted by Gasteiger charge is 2.17. The van der Waals surface area contributed by atoms with E-state index in [-0.39, 0.29) is 5.91 Å². The summed E-state index contributed by atoms with van der Waals surface area (Å²) in [6.07, 6.45) is 1.87. The van der Waals surface area contributed by atoms with Crippen molar-refractivity contribution in [1.82, 2.24) is 19.3 Å². The van der Waals surface area contributed by atoms with Gasteiger partial charge in [-0.3, -0.25) is 9.48 Å². The minimum absolute atomic E-state index is 0.264. The first-order valence-corrected chi connectivity index (χ1v) is 7.35. The molecule has 21 heavy (non-hydrogen) atoms. The number of carbonyl (C=O) groups is 1. The molecule has 0 fully saturated rings. The lowest BCUT2D eigenvalue weighted by Gasteiger charge is -2.02. The average molecular weight is 301 g/mol. The third-order valence-electron chi connectivity index (χ3n) is 3.28. The van der Waals surface area contributed by atoms with E-state index in [0.717, 1.165) is 16.8 Å². The number of rotatable bonds is 1. The number of nitrogens with zero attached hydrogens (tertiary/aromatic N) is 5. The molecule has 0 spiro atoms. The fourth-order valence-electron chi connectivity index (χ4n) is 2.32. The van der Waals surface area contributed by atoms with Gasteiger partial charge in [0.15, 0.2) is 10.4 Å². The van der Waals surface area contributed by atoms with Crippen LogP contribution in [0.5, 0.6) is 0 Å². The van der Waals surface area contributed by atoms with Crippen LogP contribution < -0.4 is 4.80 Å². The molecule has 108 valence electrons. The van der Waals surface area contributed by atoms with E-state index in [2.05, 4.69) is 15.1 Å². The maximum Gasteiger partial charge on any atom is 0.280 e. The molecule has 0 aliphatic carbocycles. The van der Waals surface area contributed by atoms with Crippen LogP contribution in [-0.2, 0) is 14.1 Å². The van der Waals surface area contributed by atoms with Crippen LogP contribution in [-0.4, -0.2) is 25.2 Å². The summed E-state index contributed by atoms with van der Waals surface area (Å²) in [6, 6.07) is 1.77. The zero-order chi connectivity index (χ0) is 15.1. The van der Waals surface area contributed by atoms with Crippen LogP contribution in [0.4, 0.5) is 0 Å². The fraction of sp³-hybridized carbons (Fsp3) is 0.286. The lowest BCUT2D eigenvalue weighted by Crippen LogP contribution is -2.13. The van der Waals surface area contributed by atoms with Crippen LogP contribution in [0, 0.1) is 13.8 Å². The van der Waals surface area contributed by atoms with Crippen LogP contribution in [0.25, 0.3) is 11.0 Å². The quantitative estimate of drug-likeness (QED) is 0.687. The number of hydrogen-bond donors (Lipinski definition) is 0. The average Bonchev–Trinajstić information content (AvgIpc) is 2.94. The van der Waals surface area contributed by atoms with Gasteiger partial charge in [-0.2, -0.15) is 10.1 Å². The molecule has 0 unspecified atom stereocenters. The molecular weight excluding hydrogens is 286 g/mol. The normalized spacial score (nSPS) is 12.3. The Bertz CT molecular complexity index is 915. The standard InChI is InChI=1S/C14H15N5OS/c1-8-7-10(11-9(2)17-19(4)12(11)15-8)13(20)16-14-18(3)5-6-21-14/h5-7H,1-4H3. The van der Waals surface area contributed by atoms with Crippen molar-refractivity contribution in [1.29, 1.82) is 0 Å². The second-order valence-electron chi connectivity index (χ2n) is 4.93. The molecule has 0 radical (unpaired) electrons. The van der Waals surface area contributed by atoms with E-state index in [1.165, 1.54) is 11.3 Å². The Morgan fingerprint density at radius 2 is 2.10 bits per heavy atom. The SMILES string of the molecule is Cc1cc(C(=O)N=c2sccn2C)c2c(C)nn(C)c2n1. The Kier molecular flexibility index (Phi) is 3.21. The smallest absolute Gasteiger partial charge is 0.280 e. The molecule has 3 rings (SSSR count). The predicted octanol–water partition coefficient (Wildman–Crippen LogP) is 1.73. The van der Waals surface area contributed by atoms with E-state index < -0.39 is 0 Å². The molecular formula is C14H15N5OS. The van der Waals surface area contributed by atoms with Gasteiger partial charge in [0.2, 0.25) is 0 Å². The minimum Gasteiger partial charge on any atom is -0.327 e. The summed E-state index contributed by atoms with van der Waals surface area (Å²) in [4.78, 5) is 21.9. The van der Waals surface area contributed by atoms with Gasteiger partial charge in [0, 0.05) is 31.4 Å². The zero-order valence-electron chi connectivity index (χ0n) is 12.3. The molecule has 1 amide bonds. The van der Waals surface area contributed by atoms with Gasteiger partial charge >= 0.3 is 0 Å². The monoisotopic (exact) mass is 301 g/mol. The van der Waals surface area contributed by atoms with E-state index in [9.17, 15) is 4.79 Å². The van der Waals surface area contributed by atoms with E-state index in [0.29, 0.717) is 16.0 Å². The van der Waals surface area contributed by atoms with Crippen LogP contribution in [0.2, 0.25) is 0 Å². The second-order valence-corrected chi connectivity index (χ2v) is 5.81. The van der Waals surface area contributed by atoms with Gasteiger partial charge in [0.1, 0.15) is 0 Å². The van der Waals surface area contributed by atoms with Crippen molar-refractivity contribution in [3.63, 3.8) is 0 Å². The molecule has 0 atom stereocenters. The topological polar surface area (TPSA) is 65.1 Å². The predicted molar refractivity (Wildman–Crippen MR) is 81.2 cm³/mol. The molecule has 0 aromatic carbocycles. The first kappa shape index (κ1) is 13.7. The zero-order valence-corrected chi connectivity index (χ0v) is 13.1. The highest BCUT2D eigenvalue weighted by Crippen LogP contribution is 2.22. The number of thiazole rings is 1. The van der Waals surface area contributed by atoms with Gasteiger partial charge in [0.05, 0.1) is 16.6 Å². The second kappa shape index (κ2) is 4.92. The van der Waals surface area contributed by atoms with Crippen molar-refractivity contribution >= 4 is 28.3 Å². The lowest BCUT2D eigenvalue weighted by molar-refractivity contribution is 0.0999. The maximum atomic E-state index is 12.6. The summed E-state index contributed by atoms with van der Waals surface area (Å²) < 4.78 is 3.52. The Labute approximate surface area is 125 Å². The van der Waals surface area contributed by atoms with Crippen LogP contribution >= 0.6 is 11.3 Å². The fourth-order valence-corrected chi connectivity index (χ4v) is 3.05. The van der Waals surface area contributed by atoms with Crippen molar-refractivity contribution in [2.24, 2.45) is 19.1 Å². The first-order valence-electron chi connectivity index (χ1n) is 6.47. The minimum atomic E-state index is -0.264. The van der Waals surface area contributed by atoms with Gasteiger partial charge in [0.25, 0.3) is 5.91 Å². The van der Waals surface area contributed by atoms with E-state index in [4.69, 9.17) is 0 Å². The number of carbonyl (C=O) groups excluding carboxylic acids is 1. The number of amides is 1. The van der Waals surface area contributed by atoms with Gasteiger partial charge in [-0.15, -0.1) is 11.3 Å². The van der Waals surface area contributed by atoms with Crippen LogP contribution in [0.15, 0.2) is 22.6 Å². The number of hydrogen-bond acceptors (Lipinski definition) is 4. The van der Waals surface area contributed by atoms with Crippen molar-refractivity contribution in [2.45, 2.75) is 13.8 Å². The van der Waals surface area contributed by atoms with E-state index in [1.807, 2.05) is 44.1 Å². The number of pyridine rings is 1. The van der Waals surface area contributed by atoms with E-state index in [1.54, 1.807) is 10.7 Å². The molecule has 0 saturated carbocycles. The van der Waals surface area contributed by atoms with Crippen molar-refractivity contribution in [3.05, 3.63) is 39.4 Å². The third kappa shape index (κ3) is 2.29. The lowest BCUT2D eigenvalue weighted by atomic mass is 10.1. The molecule has 6 nitrogen and oxygen atoms in total. The first-order chi connectivity index (χ1) is 9.97. The maximum absolute atomic E-state index is 12.6. The molecule has 0 aliphatic heterocycles. The molecule has 3 aromatic heterocycles. The molecule has 3 heterocycles. The van der Waals surface area contributed by atoms with Crippen LogP contribution in [0.1, 0.15) is 21.7 Å². The summed E-state index contributed by atoms with van der Waals surface area (Å²) in [7, 11) is 3.69. The Morgan fingerprint density at radius 3 is 2.76 bits per heavy atom. The summed E-state index contributed by atoms with van der Waals surface area (Å²) >= 11 is 1.43. The Balaban J connectivity index is 2.25. The highest BCUT2D eigenvalue weighted by molar-refractivity contribution is 7.07. The van der Waals surface area contributed by atoms with Gasteiger partial charge in [-0.05, 0) is 19.9 Å². The summed E-state index contributed by atoms with van der Waals surface area (Å²) in [5, 5.41) is 7.02.